The van der Waals surface area contributed by atoms with Crippen LogP contribution in [0, 0.1) is 6.92 Å². The predicted octanol–water partition coefficient (Wildman–Crippen LogP) is 7.10. The van der Waals surface area contributed by atoms with Crippen molar-refractivity contribution in [1.29, 1.82) is 0 Å². The van der Waals surface area contributed by atoms with Crippen molar-refractivity contribution < 1.29 is 9.53 Å². The second-order valence-electron chi connectivity index (χ2n) is 13.4. The van der Waals surface area contributed by atoms with E-state index in [1.54, 1.807) is 7.11 Å². The monoisotopic (exact) mass is 590 g/mol. The molecule has 3 aliphatic rings. The van der Waals surface area contributed by atoms with E-state index in [0.717, 1.165) is 68.0 Å². The Labute approximate surface area is 262 Å². The van der Waals surface area contributed by atoms with E-state index < -0.39 is 0 Å². The lowest BCUT2D eigenvalue weighted by Gasteiger charge is -2.45. The van der Waals surface area contributed by atoms with Gasteiger partial charge in [0, 0.05) is 37.6 Å². The zero-order chi connectivity index (χ0) is 30.1. The number of carbonyl (C=O) groups excluding carboxylic acids is 1. The summed E-state index contributed by atoms with van der Waals surface area (Å²) in [5.41, 5.74) is 5.14. The van der Waals surface area contributed by atoms with Gasteiger partial charge in [-0.1, -0.05) is 54.6 Å². The fourth-order valence-corrected chi connectivity index (χ4v) is 8.69. The Morgan fingerprint density at radius 3 is 2.39 bits per heavy atom. The summed E-state index contributed by atoms with van der Waals surface area (Å²) in [4.78, 5) is 23.2. The number of hydrogen-bond acceptors (Lipinski definition) is 4. The fraction of sp³-hybridized carbons (Fsp3) is 0.474. The molecule has 1 amide bonds. The van der Waals surface area contributed by atoms with Crippen molar-refractivity contribution in [3.05, 3.63) is 95.8 Å². The Hall–Kier alpha value is -3.64. The summed E-state index contributed by atoms with van der Waals surface area (Å²) >= 11 is 0. The normalized spacial score (nSPS) is 23.2. The molecule has 7 rings (SSSR count). The number of amides is 1. The molecule has 3 aromatic carbocycles. The maximum atomic E-state index is 13.3. The van der Waals surface area contributed by atoms with Gasteiger partial charge in [-0.25, -0.2) is 4.98 Å². The Morgan fingerprint density at radius 1 is 0.909 bits per heavy atom. The van der Waals surface area contributed by atoms with E-state index in [2.05, 4.69) is 82.0 Å². The topological polar surface area (TPSA) is 50.6 Å². The molecule has 3 aliphatic heterocycles. The molecular formula is C38H46N4O2. The Balaban J connectivity index is 1.01. The van der Waals surface area contributed by atoms with Gasteiger partial charge in [-0.2, -0.15) is 0 Å². The van der Waals surface area contributed by atoms with E-state index in [-0.39, 0.29) is 11.3 Å². The van der Waals surface area contributed by atoms with Crippen molar-refractivity contribution in [2.24, 2.45) is 0 Å². The number of hydrogen-bond donors (Lipinski definition) is 0. The second-order valence-corrected chi connectivity index (χ2v) is 13.4. The van der Waals surface area contributed by atoms with E-state index in [1.165, 1.54) is 36.8 Å². The van der Waals surface area contributed by atoms with E-state index in [1.807, 2.05) is 18.2 Å². The molecule has 6 nitrogen and oxygen atoms in total. The first-order valence-corrected chi connectivity index (χ1v) is 16.7. The molecule has 3 saturated heterocycles. The van der Waals surface area contributed by atoms with Crippen LogP contribution in [0.15, 0.2) is 78.9 Å². The number of benzene rings is 3. The van der Waals surface area contributed by atoms with E-state index in [9.17, 15) is 4.79 Å². The smallest absolute Gasteiger partial charge is 0.222 e. The first kappa shape index (κ1) is 29.1. The van der Waals surface area contributed by atoms with Crippen LogP contribution in [0.4, 0.5) is 0 Å². The molecule has 0 radical (unpaired) electrons. The zero-order valence-corrected chi connectivity index (χ0v) is 26.3. The van der Waals surface area contributed by atoms with Crippen LogP contribution in [0.2, 0.25) is 0 Å². The highest BCUT2D eigenvalue weighted by atomic mass is 16.5. The zero-order valence-electron chi connectivity index (χ0n) is 26.3. The third-order valence-electron chi connectivity index (χ3n) is 11.1. The number of carbonyl (C=O) groups is 1. The van der Waals surface area contributed by atoms with Gasteiger partial charge in [0.2, 0.25) is 5.91 Å². The number of likely N-dealkylation sites (tertiary alicyclic amines) is 1. The lowest BCUT2D eigenvalue weighted by Crippen LogP contribution is -2.49. The average Bonchev–Trinajstić information content (AvgIpc) is 3.53. The molecule has 0 aliphatic carbocycles. The number of methoxy groups -OCH3 is 1. The Kier molecular flexibility index (Phi) is 8.19. The molecule has 0 unspecified atom stereocenters. The minimum atomic E-state index is 0.123. The maximum Gasteiger partial charge on any atom is 0.222 e. The van der Waals surface area contributed by atoms with Gasteiger partial charge in [-0.05, 0) is 106 Å². The van der Waals surface area contributed by atoms with Crippen molar-refractivity contribution in [2.75, 3.05) is 26.7 Å². The first-order valence-electron chi connectivity index (χ1n) is 16.7. The number of nitrogens with zero attached hydrogens (tertiary/aromatic N) is 4. The number of aromatic nitrogens is 2. The molecule has 0 spiro atoms. The lowest BCUT2D eigenvalue weighted by atomic mass is 9.70. The second kappa shape index (κ2) is 12.4. The summed E-state index contributed by atoms with van der Waals surface area (Å²) in [5.74, 6) is 2.28. The highest BCUT2D eigenvalue weighted by Crippen LogP contribution is 2.45. The summed E-state index contributed by atoms with van der Waals surface area (Å²) in [5, 5.41) is 0. The molecule has 4 aromatic rings. The summed E-state index contributed by atoms with van der Waals surface area (Å²) < 4.78 is 7.90. The van der Waals surface area contributed by atoms with Crippen molar-refractivity contribution in [3.63, 3.8) is 0 Å². The van der Waals surface area contributed by atoms with Crippen LogP contribution in [-0.2, 0) is 16.6 Å². The molecule has 6 heteroatoms. The molecule has 2 bridgehead atoms. The van der Waals surface area contributed by atoms with Crippen LogP contribution < -0.4 is 4.74 Å². The summed E-state index contributed by atoms with van der Waals surface area (Å²) in [6, 6.07) is 29.7. The van der Waals surface area contributed by atoms with Gasteiger partial charge < -0.3 is 14.2 Å². The number of rotatable bonds is 9. The van der Waals surface area contributed by atoms with Crippen molar-refractivity contribution in [1.82, 2.24) is 19.4 Å². The van der Waals surface area contributed by atoms with Gasteiger partial charge in [0.15, 0.2) is 0 Å². The quantitative estimate of drug-likeness (QED) is 0.209. The van der Waals surface area contributed by atoms with Crippen LogP contribution >= 0.6 is 0 Å². The summed E-state index contributed by atoms with van der Waals surface area (Å²) in [7, 11) is 1.69. The summed E-state index contributed by atoms with van der Waals surface area (Å²) in [6.45, 7) is 5.00. The van der Waals surface area contributed by atoms with Gasteiger partial charge in [0.1, 0.15) is 11.6 Å². The SMILES string of the molecule is COc1cccc(CCC(=O)N2CCC(CCN3[C@@H]4CC[C@H]3C[C@@H](n3c(C)nc5ccccc53)C4)(c3ccccc3)CC2)c1. The van der Waals surface area contributed by atoms with Crippen molar-refractivity contribution >= 4 is 16.9 Å². The van der Waals surface area contributed by atoms with Gasteiger partial charge in [-0.15, -0.1) is 0 Å². The van der Waals surface area contributed by atoms with Crippen LogP contribution in [0.1, 0.15) is 74.4 Å². The van der Waals surface area contributed by atoms with E-state index in [0.29, 0.717) is 24.5 Å². The Bertz CT molecular complexity index is 1570. The minimum absolute atomic E-state index is 0.123. The molecule has 0 N–H and O–H groups in total. The predicted molar refractivity (Wildman–Crippen MR) is 176 cm³/mol. The molecule has 0 saturated carbocycles. The van der Waals surface area contributed by atoms with Crippen molar-refractivity contribution in [2.45, 2.75) is 88.3 Å². The van der Waals surface area contributed by atoms with E-state index in [4.69, 9.17) is 9.72 Å². The van der Waals surface area contributed by atoms with Gasteiger partial charge in [0.25, 0.3) is 0 Å². The van der Waals surface area contributed by atoms with Crippen molar-refractivity contribution in [3.8, 4) is 5.75 Å². The van der Waals surface area contributed by atoms with Crippen LogP contribution in [0.5, 0.6) is 5.75 Å². The van der Waals surface area contributed by atoms with Gasteiger partial charge >= 0.3 is 0 Å². The first-order chi connectivity index (χ1) is 21.5. The van der Waals surface area contributed by atoms with Gasteiger partial charge in [-0.3, -0.25) is 9.69 Å². The van der Waals surface area contributed by atoms with Gasteiger partial charge in [0.05, 0.1) is 18.1 Å². The summed E-state index contributed by atoms with van der Waals surface area (Å²) in [6.07, 6.45) is 9.58. The maximum absolute atomic E-state index is 13.3. The van der Waals surface area contributed by atoms with Crippen LogP contribution in [0.25, 0.3) is 11.0 Å². The highest BCUT2D eigenvalue weighted by Gasteiger charge is 2.44. The fourth-order valence-electron chi connectivity index (χ4n) is 8.69. The number of para-hydroxylation sites is 2. The molecule has 44 heavy (non-hydrogen) atoms. The standard InChI is InChI=1S/C38H46N4O2/c1-28-39-35-13-6-7-14-36(35)42(28)33-26-31-16-17-32(27-33)41(31)24-21-38(30-10-4-3-5-11-30)19-22-40(23-20-38)37(43)18-15-29-9-8-12-34(25-29)44-2/h3-14,25,31-33H,15-24,26-27H2,1-2H3/t31-,32+,33+. The molecular weight excluding hydrogens is 544 g/mol. The molecule has 1 aromatic heterocycles. The third-order valence-corrected chi connectivity index (χ3v) is 11.1. The number of aryl methyl sites for hydroxylation is 2. The van der Waals surface area contributed by atoms with Crippen LogP contribution in [0.3, 0.4) is 0 Å². The molecule has 3 fully saturated rings. The third kappa shape index (κ3) is 5.65. The minimum Gasteiger partial charge on any atom is -0.497 e. The van der Waals surface area contributed by atoms with Crippen LogP contribution in [-0.4, -0.2) is 64.1 Å². The Morgan fingerprint density at radius 2 is 1.64 bits per heavy atom. The molecule has 230 valence electrons. The lowest BCUT2D eigenvalue weighted by molar-refractivity contribution is -0.132. The molecule has 4 heterocycles. The molecule has 3 atom stereocenters. The number of imidazole rings is 1. The largest absolute Gasteiger partial charge is 0.497 e. The average molecular weight is 591 g/mol. The number of piperidine rings is 2. The van der Waals surface area contributed by atoms with E-state index >= 15 is 0 Å². The number of ether oxygens (including phenoxy) is 1. The number of fused-ring (bicyclic) bond motifs is 3. The highest BCUT2D eigenvalue weighted by molar-refractivity contribution is 5.77.